The predicted molar refractivity (Wildman–Crippen MR) is 64.4 cm³/mol. The molecule has 19 heavy (non-hydrogen) atoms. The minimum absolute atomic E-state index is 0.246. The molecule has 0 atom stereocenters. The molecular weight excluding hydrogens is 247 g/mol. The van der Waals surface area contributed by atoms with E-state index in [1.807, 2.05) is 6.07 Å². The van der Waals surface area contributed by atoms with Gasteiger partial charge in [0.25, 0.3) is 0 Å². The van der Waals surface area contributed by atoms with Crippen molar-refractivity contribution in [1.29, 1.82) is 5.26 Å². The summed E-state index contributed by atoms with van der Waals surface area (Å²) in [6, 6.07) is 3.24. The van der Waals surface area contributed by atoms with Crippen molar-refractivity contribution in [2.24, 2.45) is 0 Å². The molecule has 0 aliphatic carbocycles. The van der Waals surface area contributed by atoms with Crippen molar-refractivity contribution < 1.29 is 4.39 Å². The first-order valence-corrected chi connectivity index (χ1v) is 5.32. The van der Waals surface area contributed by atoms with Crippen LogP contribution in [-0.4, -0.2) is 25.1 Å². The van der Waals surface area contributed by atoms with Crippen LogP contribution in [-0.2, 0) is 0 Å². The van der Waals surface area contributed by atoms with Crippen LogP contribution in [0.1, 0.15) is 11.3 Å². The van der Waals surface area contributed by atoms with Crippen molar-refractivity contribution in [2.75, 3.05) is 0 Å². The van der Waals surface area contributed by atoms with Gasteiger partial charge in [0.1, 0.15) is 18.2 Å². The highest BCUT2D eigenvalue weighted by atomic mass is 19.1. The van der Waals surface area contributed by atoms with Crippen LogP contribution in [0.25, 0.3) is 11.4 Å². The maximum Gasteiger partial charge on any atom is 0.162 e. The van der Waals surface area contributed by atoms with Gasteiger partial charge >= 0.3 is 0 Å². The van der Waals surface area contributed by atoms with Crippen LogP contribution in [0.4, 0.5) is 4.39 Å². The topological polar surface area (TPSA) is 91.1 Å². The zero-order valence-electron chi connectivity index (χ0n) is 10.0. The van der Waals surface area contributed by atoms with Crippen LogP contribution in [0.2, 0.25) is 0 Å². The second-order valence-corrected chi connectivity index (χ2v) is 3.58. The number of aromatic amines is 1. The number of aromatic nitrogens is 5. The summed E-state index contributed by atoms with van der Waals surface area (Å²) < 4.78 is 13.2. The molecule has 0 unspecified atom stereocenters. The standard InChI is InChI=1S/C12H9FN6/c1-8-10(3-14)5-17-18-7-16-12(19-8)9-2-11(13)6-15-4-9/h2,4-7H,1H3,(H,16,18,19). The first-order chi connectivity index (χ1) is 9.20. The zero-order chi connectivity index (χ0) is 13.7. The van der Waals surface area contributed by atoms with Gasteiger partial charge in [-0.3, -0.25) is 10.1 Å². The van der Waals surface area contributed by atoms with E-state index in [1.165, 1.54) is 24.8 Å². The summed E-state index contributed by atoms with van der Waals surface area (Å²) in [7, 11) is 0. The third-order valence-electron chi connectivity index (χ3n) is 2.26. The lowest BCUT2D eigenvalue weighted by molar-refractivity contribution is 0.622. The van der Waals surface area contributed by atoms with Gasteiger partial charge in [0.15, 0.2) is 5.82 Å². The molecule has 0 bridgehead atoms. The molecule has 0 amide bonds. The number of nitrogens with zero attached hydrogens (tertiary/aromatic N) is 5. The number of pyridine rings is 1. The Hall–Kier alpha value is -2.88. The molecule has 0 aliphatic rings. The van der Waals surface area contributed by atoms with E-state index >= 15 is 0 Å². The predicted octanol–water partition coefficient (Wildman–Crippen LogP) is 1.71. The number of nitrogens with one attached hydrogen (secondary N) is 1. The number of H-pyrrole nitrogens is 1. The van der Waals surface area contributed by atoms with Gasteiger partial charge < -0.3 is 0 Å². The summed E-state index contributed by atoms with van der Waals surface area (Å²) in [6.07, 6.45) is 5.18. The molecule has 0 saturated heterocycles. The van der Waals surface area contributed by atoms with Crippen molar-refractivity contribution in [2.45, 2.75) is 6.92 Å². The molecule has 0 aliphatic heterocycles. The Balaban J connectivity index is 2.68. The van der Waals surface area contributed by atoms with E-state index in [1.54, 1.807) is 6.92 Å². The monoisotopic (exact) mass is 256 g/mol. The fourth-order valence-electron chi connectivity index (χ4n) is 1.35. The van der Waals surface area contributed by atoms with Gasteiger partial charge in [-0.2, -0.15) is 10.4 Å². The minimum atomic E-state index is -0.485. The van der Waals surface area contributed by atoms with E-state index in [-0.39, 0.29) is 5.82 Å². The van der Waals surface area contributed by atoms with E-state index in [0.717, 1.165) is 6.20 Å². The largest absolute Gasteiger partial charge is 0.268 e. The van der Waals surface area contributed by atoms with E-state index in [9.17, 15) is 4.39 Å². The molecule has 2 aromatic rings. The molecule has 2 heterocycles. The first kappa shape index (κ1) is 12.6. The average Bonchev–Trinajstić information content (AvgIpc) is 2.49. The second-order valence-electron chi connectivity index (χ2n) is 3.58. The van der Waals surface area contributed by atoms with Gasteiger partial charge in [-0.1, -0.05) is 0 Å². The lowest BCUT2D eigenvalue weighted by atomic mass is 10.2. The molecule has 7 heteroatoms. The highest BCUT2D eigenvalue weighted by Crippen LogP contribution is 2.13. The quantitative estimate of drug-likeness (QED) is 0.838. The number of aryl methyl sites for hydroxylation is 1. The Morgan fingerprint density at radius 2 is 2.16 bits per heavy atom. The number of hydrogen-bond acceptors (Lipinski definition) is 5. The zero-order valence-corrected chi connectivity index (χ0v) is 10.0. The highest BCUT2D eigenvalue weighted by Gasteiger charge is 2.03. The van der Waals surface area contributed by atoms with Crippen LogP contribution in [0.5, 0.6) is 0 Å². The summed E-state index contributed by atoms with van der Waals surface area (Å²) in [5.74, 6) is -0.239. The van der Waals surface area contributed by atoms with Crippen molar-refractivity contribution in [1.82, 2.24) is 25.1 Å². The molecule has 0 radical (unpaired) electrons. The molecule has 0 aromatic carbocycles. The summed E-state index contributed by atoms with van der Waals surface area (Å²) in [5.41, 5.74) is 1.14. The van der Waals surface area contributed by atoms with E-state index in [4.69, 9.17) is 5.26 Å². The third kappa shape index (κ3) is 3.07. The average molecular weight is 256 g/mol. The van der Waals surface area contributed by atoms with Crippen LogP contribution >= 0.6 is 0 Å². The van der Waals surface area contributed by atoms with Crippen molar-refractivity contribution in [3.8, 4) is 17.5 Å². The summed E-state index contributed by atoms with van der Waals surface area (Å²) in [6.45, 7) is 1.65. The lowest BCUT2D eigenvalue weighted by Gasteiger charge is -1.97. The lowest BCUT2D eigenvalue weighted by Crippen LogP contribution is -1.91. The summed E-state index contributed by atoms with van der Waals surface area (Å²) in [4.78, 5) is 12.0. The molecule has 0 saturated carbocycles. The van der Waals surface area contributed by atoms with Crippen molar-refractivity contribution in [3.63, 3.8) is 0 Å². The molecule has 6 nitrogen and oxygen atoms in total. The maximum atomic E-state index is 13.2. The van der Waals surface area contributed by atoms with Gasteiger partial charge in [-0.25, -0.2) is 14.4 Å². The molecule has 94 valence electrons. The summed E-state index contributed by atoms with van der Waals surface area (Å²) >= 11 is 0. The molecule has 0 fully saturated rings. The number of hydrogen-bond donors (Lipinski definition) is 1. The Bertz CT molecular complexity index is 687. The van der Waals surface area contributed by atoms with Gasteiger partial charge in [-0.05, 0) is 13.0 Å². The Kier molecular flexibility index (Phi) is 3.73. The Morgan fingerprint density at radius 3 is 2.89 bits per heavy atom. The van der Waals surface area contributed by atoms with E-state index in [0.29, 0.717) is 16.8 Å². The van der Waals surface area contributed by atoms with E-state index < -0.39 is 5.82 Å². The molecule has 2 rings (SSSR count). The normalized spacial score (nSPS) is 9.53. The smallest absolute Gasteiger partial charge is 0.162 e. The highest BCUT2D eigenvalue weighted by molar-refractivity contribution is 5.52. The third-order valence-corrected chi connectivity index (χ3v) is 2.26. The Morgan fingerprint density at radius 1 is 1.32 bits per heavy atom. The van der Waals surface area contributed by atoms with Crippen LogP contribution in [0.15, 0.2) is 31.0 Å². The molecule has 0 spiro atoms. The van der Waals surface area contributed by atoms with Crippen LogP contribution < -0.4 is 0 Å². The van der Waals surface area contributed by atoms with Crippen LogP contribution in [0.3, 0.4) is 0 Å². The SMILES string of the molecule is Cc1nc(-c2cncc(F)c2)nc[nH]ncc1C#N. The van der Waals surface area contributed by atoms with Crippen molar-refractivity contribution in [3.05, 3.63) is 48.1 Å². The number of rotatable bonds is 1. The molecule has 2 aromatic heterocycles. The van der Waals surface area contributed by atoms with Gasteiger partial charge in [0.2, 0.25) is 0 Å². The number of halogens is 1. The fourth-order valence-corrected chi connectivity index (χ4v) is 1.35. The van der Waals surface area contributed by atoms with Gasteiger partial charge in [0.05, 0.1) is 23.7 Å². The fraction of sp³-hybridized carbons (Fsp3) is 0.0833. The Labute approximate surface area is 108 Å². The van der Waals surface area contributed by atoms with Gasteiger partial charge in [-0.15, -0.1) is 0 Å². The number of nitriles is 1. The van der Waals surface area contributed by atoms with Gasteiger partial charge in [0, 0.05) is 11.8 Å². The van der Waals surface area contributed by atoms with E-state index in [2.05, 4.69) is 25.1 Å². The van der Waals surface area contributed by atoms with Crippen molar-refractivity contribution >= 4 is 0 Å². The molecular formula is C12H9FN6. The second kappa shape index (κ2) is 5.64. The first-order valence-electron chi connectivity index (χ1n) is 5.32. The van der Waals surface area contributed by atoms with Crippen LogP contribution in [0, 0.1) is 24.1 Å². The summed E-state index contributed by atoms with van der Waals surface area (Å²) in [5, 5.41) is 15.3. The maximum absolute atomic E-state index is 13.2. The molecule has 1 N–H and O–H groups in total. The minimum Gasteiger partial charge on any atom is -0.268 e.